The van der Waals surface area contributed by atoms with E-state index in [2.05, 4.69) is 68.1 Å². The number of alkyl carbamates (subject to hydrolysis) is 1. The molecule has 1 saturated heterocycles. The van der Waals surface area contributed by atoms with Gasteiger partial charge < -0.3 is 35.1 Å². The van der Waals surface area contributed by atoms with Crippen molar-refractivity contribution in [3.05, 3.63) is 71.6 Å². The molecular weight excluding hydrogens is 632 g/mol. The number of nitrogens with one attached hydrogen (secondary N) is 4. The minimum absolute atomic E-state index is 0.000949. The van der Waals surface area contributed by atoms with E-state index in [-0.39, 0.29) is 23.8 Å². The van der Waals surface area contributed by atoms with Crippen molar-refractivity contribution >= 4 is 17.9 Å². The van der Waals surface area contributed by atoms with E-state index < -0.39 is 12.1 Å². The van der Waals surface area contributed by atoms with Crippen LogP contribution >= 0.6 is 0 Å². The number of H-pyrrole nitrogens is 2. The Bertz CT molecular complexity index is 1830. The first kappa shape index (κ1) is 34.9. The molecule has 3 amide bonds. The van der Waals surface area contributed by atoms with Crippen molar-refractivity contribution in [1.82, 2.24) is 40.4 Å². The van der Waals surface area contributed by atoms with E-state index in [0.29, 0.717) is 25.5 Å². The molecule has 4 N–H and O–H groups in total. The minimum Gasteiger partial charge on any atom is -0.453 e. The van der Waals surface area contributed by atoms with Crippen molar-refractivity contribution in [2.75, 3.05) is 33.8 Å². The molecule has 0 bridgehead atoms. The fraction of sp³-hybridized carbons (Fsp3) is 0.447. The van der Waals surface area contributed by atoms with Crippen LogP contribution in [0.4, 0.5) is 4.79 Å². The van der Waals surface area contributed by atoms with Crippen LogP contribution in [0.1, 0.15) is 69.0 Å². The zero-order chi connectivity index (χ0) is 35.4. The molecule has 3 heterocycles. The third-order valence-corrected chi connectivity index (χ3v) is 9.71. The Morgan fingerprint density at radius 2 is 1.82 bits per heavy atom. The van der Waals surface area contributed by atoms with Gasteiger partial charge in [-0.25, -0.2) is 14.8 Å². The third kappa shape index (κ3) is 7.30. The van der Waals surface area contributed by atoms with Crippen molar-refractivity contribution in [3.8, 4) is 33.6 Å². The van der Waals surface area contributed by atoms with Gasteiger partial charge in [-0.2, -0.15) is 0 Å². The van der Waals surface area contributed by atoms with Gasteiger partial charge in [-0.05, 0) is 67.3 Å². The lowest BCUT2D eigenvalue weighted by atomic mass is 9.89. The normalized spacial score (nSPS) is 15.8. The minimum atomic E-state index is -0.693. The average molecular weight is 681 g/mol. The van der Waals surface area contributed by atoms with Crippen molar-refractivity contribution < 1.29 is 19.1 Å². The molecule has 4 aromatic rings. The van der Waals surface area contributed by atoms with Gasteiger partial charge in [0.15, 0.2) is 0 Å². The predicted octanol–water partition coefficient (Wildman–Crippen LogP) is 5.23. The van der Waals surface area contributed by atoms with Gasteiger partial charge in [-0.15, -0.1) is 0 Å². The first-order chi connectivity index (χ1) is 24.2. The molecule has 0 spiro atoms. The van der Waals surface area contributed by atoms with Gasteiger partial charge in [0.1, 0.15) is 17.7 Å². The Morgan fingerprint density at radius 3 is 2.54 bits per heavy atom. The number of likely N-dealkylation sites (tertiary alicyclic amines) is 1. The monoisotopic (exact) mass is 680 g/mol. The molecule has 2 atom stereocenters. The Balaban J connectivity index is 1.15. The number of aromatic nitrogens is 4. The van der Waals surface area contributed by atoms with Crippen LogP contribution in [0, 0.1) is 5.92 Å². The van der Waals surface area contributed by atoms with Gasteiger partial charge in [0.05, 0.1) is 43.8 Å². The molecule has 264 valence electrons. The molecule has 12 nitrogen and oxygen atoms in total. The van der Waals surface area contributed by atoms with E-state index in [1.807, 2.05) is 25.7 Å². The van der Waals surface area contributed by atoms with Crippen molar-refractivity contribution in [1.29, 1.82) is 0 Å². The van der Waals surface area contributed by atoms with Crippen LogP contribution in [0.2, 0.25) is 0 Å². The van der Waals surface area contributed by atoms with Gasteiger partial charge in [-0.1, -0.05) is 63.2 Å². The Hall–Kier alpha value is -4.97. The molecule has 6 rings (SSSR count). The SMILES string of the molecule is CCCN(Cc1ncc(-c2ccc(-c3ccc4c(c3)CCc3[nH]c([C@@H]5CCCN5C(=O)CNC)nc3-4)cc2)[nH]1)C(=O)C(NC(=O)OC)C(C)C. The Morgan fingerprint density at radius 1 is 1.06 bits per heavy atom. The summed E-state index contributed by atoms with van der Waals surface area (Å²) in [6.45, 7) is 7.76. The number of imidazole rings is 2. The van der Waals surface area contributed by atoms with Crippen LogP contribution in [-0.2, 0) is 33.7 Å². The molecule has 0 radical (unpaired) electrons. The van der Waals surface area contributed by atoms with Gasteiger partial charge in [0.2, 0.25) is 11.8 Å². The Labute approximate surface area is 293 Å². The van der Waals surface area contributed by atoms with E-state index >= 15 is 0 Å². The van der Waals surface area contributed by atoms with E-state index in [9.17, 15) is 14.4 Å². The lowest BCUT2D eigenvalue weighted by molar-refractivity contribution is -0.135. The van der Waals surface area contributed by atoms with E-state index in [0.717, 1.165) is 83.8 Å². The molecule has 50 heavy (non-hydrogen) atoms. The first-order valence-corrected chi connectivity index (χ1v) is 17.6. The first-order valence-electron chi connectivity index (χ1n) is 17.6. The number of nitrogens with zero attached hydrogens (tertiary/aromatic N) is 4. The van der Waals surface area contributed by atoms with E-state index in [1.165, 1.54) is 12.7 Å². The second kappa shape index (κ2) is 15.3. The second-order valence-corrected chi connectivity index (χ2v) is 13.5. The summed E-state index contributed by atoms with van der Waals surface area (Å²) in [5.41, 5.74) is 8.71. The number of benzene rings is 2. The maximum Gasteiger partial charge on any atom is 0.407 e. The number of aromatic amines is 2. The number of rotatable bonds is 12. The summed E-state index contributed by atoms with van der Waals surface area (Å²) in [4.78, 5) is 58.3. The van der Waals surface area contributed by atoms with Gasteiger partial charge >= 0.3 is 6.09 Å². The van der Waals surface area contributed by atoms with Gasteiger partial charge in [0.25, 0.3) is 0 Å². The Kier molecular flexibility index (Phi) is 10.7. The average Bonchev–Trinajstić information content (AvgIpc) is 3.90. The highest BCUT2D eigenvalue weighted by Crippen LogP contribution is 2.38. The van der Waals surface area contributed by atoms with Crippen LogP contribution in [0.5, 0.6) is 0 Å². The maximum absolute atomic E-state index is 13.4. The number of ether oxygens (including phenoxy) is 1. The largest absolute Gasteiger partial charge is 0.453 e. The molecule has 2 aromatic heterocycles. The van der Waals surface area contributed by atoms with Crippen LogP contribution < -0.4 is 10.6 Å². The number of hydrogen-bond acceptors (Lipinski definition) is 7. The number of aryl methyl sites for hydroxylation is 2. The molecular formula is C38H48N8O4. The molecule has 2 aliphatic rings. The lowest BCUT2D eigenvalue weighted by Gasteiger charge is -2.28. The summed E-state index contributed by atoms with van der Waals surface area (Å²) in [6, 6.07) is 14.3. The summed E-state index contributed by atoms with van der Waals surface area (Å²) in [6.07, 6.45) is 5.67. The number of fused-ring (bicyclic) bond motifs is 3. The molecule has 1 fully saturated rings. The number of hydrogen-bond donors (Lipinski definition) is 4. The van der Waals surface area contributed by atoms with Crippen molar-refractivity contribution in [3.63, 3.8) is 0 Å². The number of carbonyl (C=O) groups excluding carboxylic acids is 3. The maximum atomic E-state index is 13.4. The fourth-order valence-electron chi connectivity index (χ4n) is 7.11. The van der Waals surface area contributed by atoms with Crippen LogP contribution in [0.25, 0.3) is 33.6 Å². The molecule has 0 saturated carbocycles. The fourth-order valence-corrected chi connectivity index (χ4v) is 7.11. The molecule has 1 aliphatic carbocycles. The van der Waals surface area contributed by atoms with Crippen molar-refractivity contribution in [2.45, 2.75) is 71.5 Å². The number of carbonyl (C=O) groups is 3. The van der Waals surface area contributed by atoms with Crippen molar-refractivity contribution in [2.24, 2.45) is 5.92 Å². The predicted molar refractivity (Wildman–Crippen MR) is 192 cm³/mol. The quantitative estimate of drug-likeness (QED) is 0.160. The second-order valence-electron chi connectivity index (χ2n) is 13.5. The summed E-state index contributed by atoms with van der Waals surface area (Å²) in [5, 5.41) is 5.66. The summed E-state index contributed by atoms with van der Waals surface area (Å²) >= 11 is 0. The van der Waals surface area contributed by atoms with Crippen LogP contribution in [0.3, 0.4) is 0 Å². The topological polar surface area (TPSA) is 148 Å². The van der Waals surface area contributed by atoms with Crippen LogP contribution in [0.15, 0.2) is 48.7 Å². The number of methoxy groups -OCH3 is 1. The zero-order valence-electron chi connectivity index (χ0n) is 29.6. The molecule has 1 unspecified atom stereocenters. The highest BCUT2D eigenvalue weighted by Gasteiger charge is 2.33. The highest BCUT2D eigenvalue weighted by molar-refractivity contribution is 5.86. The third-order valence-electron chi connectivity index (χ3n) is 9.71. The summed E-state index contributed by atoms with van der Waals surface area (Å²) < 4.78 is 4.74. The lowest BCUT2D eigenvalue weighted by Crippen LogP contribution is -2.51. The summed E-state index contributed by atoms with van der Waals surface area (Å²) in [5.74, 6) is 1.41. The van der Waals surface area contributed by atoms with E-state index in [4.69, 9.17) is 9.72 Å². The van der Waals surface area contributed by atoms with Crippen LogP contribution in [-0.4, -0.2) is 87.5 Å². The molecule has 1 aliphatic heterocycles. The standard InChI is InChI=1S/C38H48N8O4/c1-6-17-45(37(48)34(23(2)3)44-38(49)50-5)22-32-40-20-30(41-32)25-11-9-24(10-12-25)26-13-15-28-27(19-26)14-16-29-35(28)43-36(42-29)31-8-7-18-46(31)33(47)21-39-4/h9-13,15,19-20,23,31,34,39H,6-8,14,16-18,21-22H2,1-5H3,(H,40,41)(H,42,43)(H,44,49)/t31-,34?/m0/s1. The van der Waals surface area contributed by atoms with Gasteiger partial charge in [-0.3, -0.25) is 9.59 Å². The molecule has 12 heteroatoms. The number of likely N-dealkylation sites (N-methyl/N-ethyl adjacent to an activating group) is 1. The zero-order valence-corrected chi connectivity index (χ0v) is 29.6. The van der Waals surface area contributed by atoms with E-state index in [1.54, 1.807) is 18.1 Å². The highest BCUT2D eigenvalue weighted by atomic mass is 16.5. The summed E-state index contributed by atoms with van der Waals surface area (Å²) in [7, 11) is 3.09. The number of amides is 3. The smallest absolute Gasteiger partial charge is 0.407 e. The van der Waals surface area contributed by atoms with Gasteiger partial charge in [0, 0.05) is 24.3 Å². The molecule has 2 aromatic carbocycles.